The Labute approximate surface area is 184 Å². The van der Waals surface area contributed by atoms with E-state index in [0.717, 1.165) is 16.8 Å². The van der Waals surface area contributed by atoms with Crippen molar-refractivity contribution >= 4 is 11.0 Å². The number of hydrogen-bond acceptors (Lipinski definition) is 6. The molecule has 0 spiro atoms. The average Bonchev–Trinajstić information content (AvgIpc) is 3.26. The monoisotopic (exact) mass is 438 g/mol. The Kier molecular flexibility index (Phi) is 5.77. The number of halogens is 1. The molecule has 0 aliphatic heterocycles. The molecule has 0 atom stereocenters. The fraction of sp³-hybridized carbons (Fsp3) is 0.208. The van der Waals surface area contributed by atoms with Crippen LogP contribution in [0.3, 0.4) is 0 Å². The summed E-state index contributed by atoms with van der Waals surface area (Å²) in [5.74, 6) is 1.84. The zero-order valence-electron chi connectivity index (χ0n) is 18.4. The van der Waals surface area contributed by atoms with Crippen LogP contribution in [0.4, 0.5) is 4.39 Å². The number of hydrogen-bond donors (Lipinski definition) is 0. The molecule has 0 aliphatic rings. The summed E-state index contributed by atoms with van der Waals surface area (Å²) < 4.78 is 43.2. The number of fused-ring (bicyclic) bond motifs is 1. The lowest BCUT2D eigenvalue weighted by Crippen LogP contribution is -1.99. The molecule has 0 aliphatic carbocycles. The van der Waals surface area contributed by atoms with Gasteiger partial charge in [0, 0.05) is 12.1 Å². The third kappa shape index (κ3) is 3.53. The first kappa shape index (κ1) is 21.3. The molecule has 0 fully saturated rings. The maximum Gasteiger partial charge on any atom is 0.203 e. The van der Waals surface area contributed by atoms with Gasteiger partial charge in [0.15, 0.2) is 23.1 Å². The molecule has 32 heavy (non-hydrogen) atoms. The Balaban J connectivity index is 1.93. The molecule has 0 saturated carbocycles. The summed E-state index contributed by atoms with van der Waals surface area (Å²) in [5.41, 5.74) is 3.64. The minimum Gasteiger partial charge on any atom is -0.494 e. The van der Waals surface area contributed by atoms with Gasteiger partial charge in [0.1, 0.15) is 17.6 Å². The molecule has 0 saturated heterocycles. The van der Waals surface area contributed by atoms with Crippen molar-refractivity contribution in [3.63, 3.8) is 0 Å². The van der Waals surface area contributed by atoms with Gasteiger partial charge in [-0.1, -0.05) is 6.07 Å². The minimum absolute atomic E-state index is 0.184. The maximum atomic E-state index is 14.3. The van der Waals surface area contributed by atoms with E-state index in [-0.39, 0.29) is 5.75 Å². The third-order valence-electron chi connectivity index (χ3n) is 5.25. The fourth-order valence-electron chi connectivity index (χ4n) is 3.66. The van der Waals surface area contributed by atoms with Gasteiger partial charge in [-0.3, -0.25) is 4.57 Å². The molecule has 1 heterocycles. The third-order valence-corrected chi connectivity index (χ3v) is 5.25. The maximum absolute atomic E-state index is 14.3. The second kappa shape index (κ2) is 8.66. The summed E-state index contributed by atoms with van der Waals surface area (Å²) in [6.07, 6.45) is 1.69. The van der Waals surface area contributed by atoms with Crippen LogP contribution in [0.2, 0.25) is 0 Å². The van der Waals surface area contributed by atoms with Crippen LogP contribution in [-0.4, -0.2) is 45.1 Å². The molecular formula is C24H23FN2O5. The molecule has 4 rings (SSSR count). The smallest absolute Gasteiger partial charge is 0.203 e. The molecule has 0 unspecified atom stereocenters. The first-order valence-electron chi connectivity index (χ1n) is 9.74. The van der Waals surface area contributed by atoms with E-state index in [0.29, 0.717) is 34.1 Å². The molecule has 0 amide bonds. The van der Waals surface area contributed by atoms with Crippen LogP contribution < -0.4 is 23.7 Å². The predicted molar refractivity (Wildman–Crippen MR) is 119 cm³/mol. The molecule has 7 nitrogen and oxygen atoms in total. The highest BCUT2D eigenvalue weighted by molar-refractivity contribution is 5.89. The highest BCUT2D eigenvalue weighted by Crippen LogP contribution is 2.41. The zero-order chi connectivity index (χ0) is 22.8. The van der Waals surface area contributed by atoms with Gasteiger partial charge in [-0.25, -0.2) is 9.37 Å². The molecule has 4 aromatic rings. The van der Waals surface area contributed by atoms with Gasteiger partial charge >= 0.3 is 0 Å². The lowest BCUT2D eigenvalue weighted by Gasteiger charge is -2.15. The number of ether oxygens (including phenoxy) is 5. The van der Waals surface area contributed by atoms with Gasteiger partial charge in [-0.15, -0.1) is 0 Å². The standard InChI is InChI=1S/C24H23FN2O5/c1-28-19-7-6-14(8-17(19)25)15-9-18-23(20(10-15)29-2)26-13-27(18)16-11-21(30-3)24(32-5)22(12-16)31-4/h6-13H,1-5H3. The molecular weight excluding hydrogens is 415 g/mol. The quantitative estimate of drug-likeness (QED) is 0.410. The van der Waals surface area contributed by atoms with Crippen molar-refractivity contribution in [3.8, 4) is 45.6 Å². The van der Waals surface area contributed by atoms with Crippen LogP contribution >= 0.6 is 0 Å². The van der Waals surface area contributed by atoms with Gasteiger partial charge < -0.3 is 23.7 Å². The number of imidazole rings is 1. The van der Waals surface area contributed by atoms with E-state index in [1.165, 1.54) is 13.2 Å². The van der Waals surface area contributed by atoms with Crippen molar-refractivity contribution in [2.45, 2.75) is 0 Å². The van der Waals surface area contributed by atoms with Crippen LogP contribution in [0.5, 0.6) is 28.7 Å². The molecule has 0 radical (unpaired) electrons. The minimum atomic E-state index is -0.442. The van der Waals surface area contributed by atoms with Crippen molar-refractivity contribution in [1.82, 2.24) is 9.55 Å². The van der Waals surface area contributed by atoms with Crippen LogP contribution in [0.25, 0.3) is 27.8 Å². The second-order valence-electron chi connectivity index (χ2n) is 6.89. The van der Waals surface area contributed by atoms with E-state index in [9.17, 15) is 4.39 Å². The zero-order valence-corrected chi connectivity index (χ0v) is 18.4. The van der Waals surface area contributed by atoms with Crippen LogP contribution in [-0.2, 0) is 0 Å². The van der Waals surface area contributed by atoms with E-state index in [2.05, 4.69) is 4.98 Å². The predicted octanol–water partition coefficient (Wildman–Crippen LogP) is 4.87. The van der Waals surface area contributed by atoms with Crippen molar-refractivity contribution in [1.29, 1.82) is 0 Å². The Morgan fingerprint density at radius 1 is 0.688 bits per heavy atom. The second-order valence-corrected chi connectivity index (χ2v) is 6.89. The summed E-state index contributed by atoms with van der Waals surface area (Å²) in [7, 11) is 7.69. The number of rotatable bonds is 7. The lowest BCUT2D eigenvalue weighted by molar-refractivity contribution is 0.324. The van der Waals surface area contributed by atoms with Gasteiger partial charge in [-0.05, 0) is 35.4 Å². The molecule has 3 aromatic carbocycles. The fourth-order valence-corrected chi connectivity index (χ4v) is 3.66. The van der Waals surface area contributed by atoms with Crippen LogP contribution in [0.15, 0.2) is 48.8 Å². The van der Waals surface area contributed by atoms with Gasteiger partial charge in [0.05, 0.1) is 46.8 Å². The number of nitrogens with zero attached hydrogens (tertiary/aromatic N) is 2. The largest absolute Gasteiger partial charge is 0.494 e. The van der Waals surface area contributed by atoms with E-state index in [4.69, 9.17) is 23.7 Å². The first-order chi connectivity index (χ1) is 15.5. The summed E-state index contributed by atoms with van der Waals surface area (Å²) in [6, 6.07) is 12.2. The molecule has 0 bridgehead atoms. The number of benzene rings is 3. The van der Waals surface area contributed by atoms with Crippen molar-refractivity contribution in [2.24, 2.45) is 0 Å². The summed E-state index contributed by atoms with van der Waals surface area (Å²) >= 11 is 0. The van der Waals surface area contributed by atoms with Gasteiger partial charge in [0.25, 0.3) is 0 Å². The lowest BCUT2D eigenvalue weighted by atomic mass is 10.0. The molecule has 8 heteroatoms. The van der Waals surface area contributed by atoms with E-state index >= 15 is 0 Å². The number of aromatic nitrogens is 2. The highest BCUT2D eigenvalue weighted by Gasteiger charge is 2.18. The van der Waals surface area contributed by atoms with Crippen LogP contribution in [0, 0.1) is 5.82 Å². The average molecular weight is 438 g/mol. The van der Waals surface area contributed by atoms with Gasteiger partial charge in [-0.2, -0.15) is 0 Å². The highest BCUT2D eigenvalue weighted by atomic mass is 19.1. The van der Waals surface area contributed by atoms with Crippen molar-refractivity contribution in [2.75, 3.05) is 35.5 Å². The van der Waals surface area contributed by atoms with Gasteiger partial charge in [0.2, 0.25) is 5.75 Å². The number of methoxy groups -OCH3 is 5. The Morgan fingerprint density at radius 2 is 1.34 bits per heavy atom. The summed E-state index contributed by atoms with van der Waals surface area (Å²) in [4.78, 5) is 4.53. The summed E-state index contributed by atoms with van der Waals surface area (Å²) in [5, 5.41) is 0. The van der Waals surface area contributed by atoms with E-state index < -0.39 is 5.82 Å². The Morgan fingerprint density at radius 3 is 1.91 bits per heavy atom. The van der Waals surface area contributed by atoms with Crippen molar-refractivity contribution in [3.05, 3.63) is 54.6 Å². The normalized spacial score (nSPS) is 10.8. The SMILES string of the molecule is COc1ccc(-c2cc(OC)c3ncn(-c4cc(OC)c(OC)c(OC)c4)c3c2)cc1F. The molecule has 0 N–H and O–H groups in total. The van der Waals surface area contributed by atoms with E-state index in [1.54, 1.807) is 46.9 Å². The van der Waals surface area contributed by atoms with Crippen molar-refractivity contribution < 1.29 is 28.1 Å². The molecule has 1 aromatic heterocycles. The van der Waals surface area contributed by atoms with E-state index in [1.807, 2.05) is 28.8 Å². The van der Waals surface area contributed by atoms with Crippen LogP contribution in [0.1, 0.15) is 0 Å². The topological polar surface area (TPSA) is 64.0 Å². The first-order valence-corrected chi connectivity index (χ1v) is 9.74. The Hall–Kier alpha value is -3.94. The molecule has 166 valence electrons. The summed E-state index contributed by atoms with van der Waals surface area (Å²) in [6.45, 7) is 0. The Bertz CT molecular complexity index is 1260.